The SMILES string of the molecule is c1ccc(COCCC2CC2)cc1. The molecule has 1 nitrogen and oxygen atoms in total. The number of ether oxygens (including phenoxy) is 1. The molecule has 0 N–H and O–H groups in total. The molecule has 0 atom stereocenters. The topological polar surface area (TPSA) is 9.23 Å². The second-order valence-corrected chi connectivity index (χ2v) is 3.77. The van der Waals surface area contributed by atoms with Crippen LogP contribution in [0.4, 0.5) is 0 Å². The second kappa shape index (κ2) is 4.43. The largest absolute Gasteiger partial charge is 0.377 e. The average molecular weight is 176 g/mol. The zero-order chi connectivity index (χ0) is 8.93. The van der Waals surface area contributed by atoms with Gasteiger partial charge in [-0.05, 0) is 17.9 Å². The molecule has 1 aromatic carbocycles. The molecule has 0 unspecified atom stereocenters. The van der Waals surface area contributed by atoms with Crippen molar-refractivity contribution in [3.05, 3.63) is 35.9 Å². The summed E-state index contributed by atoms with van der Waals surface area (Å²) in [7, 11) is 0. The van der Waals surface area contributed by atoms with Gasteiger partial charge in [0, 0.05) is 6.61 Å². The van der Waals surface area contributed by atoms with E-state index in [-0.39, 0.29) is 0 Å². The molecule has 0 spiro atoms. The molecule has 0 bridgehead atoms. The lowest BCUT2D eigenvalue weighted by Gasteiger charge is -2.02. The van der Waals surface area contributed by atoms with Crippen LogP contribution >= 0.6 is 0 Å². The molecule has 0 saturated heterocycles. The Bertz CT molecular complexity index is 239. The van der Waals surface area contributed by atoms with Crippen molar-refractivity contribution < 1.29 is 4.74 Å². The Morgan fingerprint density at radius 3 is 2.62 bits per heavy atom. The lowest BCUT2D eigenvalue weighted by molar-refractivity contribution is 0.115. The Morgan fingerprint density at radius 2 is 1.92 bits per heavy atom. The van der Waals surface area contributed by atoms with Gasteiger partial charge in [-0.25, -0.2) is 0 Å². The van der Waals surface area contributed by atoms with Gasteiger partial charge < -0.3 is 4.74 Å². The van der Waals surface area contributed by atoms with Gasteiger partial charge in [0.25, 0.3) is 0 Å². The lowest BCUT2D eigenvalue weighted by Crippen LogP contribution is -1.95. The molecule has 1 aromatic rings. The van der Waals surface area contributed by atoms with Crippen LogP contribution in [0.25, 0.3) is 0 Å². The minimum absolute atomic E-state index is 0.771. The third kappa shape index (κ3) is 3.19. The first-order valence-electron chi connectivity index (χ1n) is 5.07. The van der Waals surface area contributed by atoms with Gasteiger partial charge in [0.05, 0.1) is 6.61 Å². The highest BCUT2D eigenvalue weighted by atomic mass is 16.5. The normalized spacial score (nSPS) is 16.0. The summed E-state index contributed by atoms with van der Waals surface area (Å²) in [6.45, 7) is 1.70. The maximum Gasteiger partial charge on any atom is 0.0716 e. The van der Waals surface area contributed by atoms with E-state index in [2.05, 4.69) is 24.3 Å². The van der Waals surface area contributed by atoms with Crippen molar-refractivity contribution >= 4 is 0 Å². The molecule has 0 amide bonds. The van der Waals surface area contributed by atoms with Crippen LogP contribution in [-0.2, 0) is 11.3 Å². The summed E-state index contributed by atoms with van der Waals surface area (Å²) in [4.78, 5) is 0. The number of hydrogen-bond donors (Lipinski definition) is 0. The fourth-order valence-electron chi connectivity index (χ4n) is 1.42. The summed E-state index contributed by atoms with van der Waals surface area (Å²) >= 11 is 0. The molecule has 1 aliphatic rings. The molecular formula is C12H16O. The number of benzene rings is 1. The fraction of sp³-hybridized carbons (Fsp3) is 0.500. The minimum Gasteiger partial charge on any atom is -0.377 e. The second-order valence-electron chi connectivity index (χ2n) is 3.77. The van der Waals surface area contributed by atoms with Crippen molar-refractivity contribution in [1.82, 2.24) is 0 Å². The molecule has 1 aliphatic carbocycles. The standard InChI is InChI=1S/C12H16O/c1-2-4-12(5-3-1)10-13-9-8-11-6-7-11/h1-5,11H,6-10H2. The van der Waals surface area contributed by atoms with Crippen LogP contribution in [0.5, 0.6) is 0 Å². The zero-order valence-corrected chi connectivity index (χ0v) is 7.91. The van der Waals surface area contributed by atoms with Crippen LogP contribution in [0.15, 0.2) is 30.3 Å². The van der Waals surface area contributed by atoms with Crippen LogP contribution in [0.3, 0.4) is 0 Å². The molecule has 0 aliphatic heterocycles. The summed E-state index contributed by atoms with van der Waals surface area (Å²) in [6, 6.07) is 10.4. The molecule has 1 fully saturated rings. The first-order valence-corrected chi connectivity index (χ1v) is 5.07. The highest BCUT2D eigenvalue weighted by molar-refractivity contribution is 5.13. The molecule has 1 saturated carbocycles. The predicted octanol–water partition coefficient (Wildman–Crippen LogP) is 3.00. The quantitative estimate of drug-likeness (QED) is 0.627. The van der Waals surface area contributed by atoms with E-state index in [1.54, 1.807) is 0 Å². The van der Waals surface area contributed by atoms with Crippen LogP contribution < -0.4 is 0 Å². The van der Waals surface area contributed by atoms with Crippen LogP contribution in [0, 0.1) is 5.92 Å². The molecule has 70 valence electrons. The van der Waals surface area contributed by atoms with E-state index in [1.807, 2.05) is 6.07 Å². The Balaban J connectivity index is 1.61. The first-order chi connectivity index (χ1) is 6.45. The maximum absolute atomic E-state index is 5.57. The predicted molar refractivity (Wildman–Crippen MR) is 53.4 cm³/mol. The maximum atomic E-state index is 5.57. The van der Waals surface area contributed by atoms with Crippen molar-refractivity contribution in [2.45, 2.75) is 25.9 Å². The minimum atomic E-state index is 0.771. The summed E-state index contributed by atoms with van der Waals surface area (Å²) in [5.41, 5.74) is 1.28. The van der Waals surface area contributed by atoms with Crippen molar-refractivity contribution in [3.8, 4) is 0 Å². The van der Waals surface area contributed by atoms with Crippen molar-refractivity contribution in [1.29, 1.82) is 0 Å². The Morgan fingerprint density at radius 1 is 1.15 bits per heavy atom. The van der Waals surface area contributed by atoms with Gasteiger partial charge in [-0.15, -0.1) is 0 Å². The Kier molecular flexibility index (Phi) is 2.98. The van der Waals surface area contributed by atoms with Crippen LogP contribution in [0.2, 0.25) is 0 Å². The van der Waals surface area contributed by atoms with Crippen molar-refractivity contribution in [2.24, 2.45) is 5.92 Å². The summed E-state index contributed by atoms with van der Waals surface area (Å²) in [6.07, 6.45) is 4.11. The summed E-state index contributed by atoms with van der Waals surface area (Å²) in [5, 5.41) is 0. The van der Waals surface area contributed by atoms with E-state index < -0.39 is 0 Å². The van der Waals surface area contributed by atoms with Gasteiger partial charge in [0.1, 0.15) is 0 Å². The third-order valence-electron chi connectivity index (χ3n) is 2.48. The van der Waals surface area contributed by atoms with Gasteiger partial charge in [0.15, 0.2) is 0 Å². The number of hydrogen-bond acceptors (Lipinski definition) is 1. The molecular weight excluding hydrogens is 160 g/mol. The van der Waals surface area contributed by atoms with Gasteiger partial charge in [0.2, 0.25) is 0 Å². The van der Waals surface area contributed by atoms with Gasteiger partial charge in [-0.2, -0.15) is 0 Å². The van der Waals surface area contributed by atoms with E-state index in [0.29, 0.717) is 0 Å². The number of rotatable bonds is 5. The van der Waals surface area contributed by atoms with E-state index in [1.165, 1.54) is 24.8 Å². The summed E-state index contributed by atoms with van der Waals surface area (Å²) < 4.78 is 5.57. The Hall–Kier alpha value is -0.820. The van der Waals surface area contributed by atoms with Gasteiger partial charge in [-0.1, -0.05) is 43.2 Å². The van der Waals surface area contributed by atoms with Crippen LogP contribution in [-0.4, -0.2) is 6.61 Å². The average Bonchev–Trinajstić information content (AvgIpc) is 2.98. The van der Waals surface area contributed by atoms with E-state index in [4.69, 9.17) is 4.74 Å². The zero-order valence-electron chi connectivity index (χ0n) is 7.91. The van der Waals surface area contributed by atoms with Crippen molar-refractivity contribution in [2.75, 3.05) is 6.61 Å². The van der Waals surface area contributed by atoms with E-state index in [0.717, 1.165) is 19.1 Å². The molecule has 0 heterocycles. The molecule has 13 heavy (non-hydrogen) atoms. The molecule has 1 heteroatoms. The van der Waals surface area contributed by atoms with Gasteiger partial charge >= 0.3 is 0 Å². The Labute approximate surface area is 79.7 Å². The molecule has 0 aromatic heterocycles. The summed E-state index contributed by atoms with van der Waals surface area (Å²) in [5.74, 6) is 0.982. The van der Waals surface area contributed by atoms with Gasteiger partial charge in [-0.3, -0.25) is 0 Å². The monoisotopic (exact) mass is 176 g/mol. The van der Waals surface area contributed by atoms with Crippen LogP contribution in [0.1, 0.15) is 24.8 Å². The van der Waals surface area contributed by atoms with Crippen molar-refractivity contribution in [3.63, 3.8) is 0 Å². The lowest BCUT2D eigenvalue weighted by atomic mass is 10.2. The molecule has 2 rings (SSSR count). The highest BCUT2D eigenvalue weighted by Crippen LogP contribution is 2.32. The molecule has 0 radical (unpaired) electrons. The highest BCUT2D eigenvalue weighted by Gasteiger charge is 2.20. The third-order valence-corrected chi connectivity index (χ3v) is 2.48. The fourth-order valence-corrected chi connectivity index (χ4v) is 1.42. The van der Waals surface area contributed by atoms with E-state index >= 15 is 0 Å². The smallest absolute Gasteiger partial charge is 0.0716 e. The first kappa shape index (κ1) is 8.76. The van der Waals surface area contributed by atoms with E-state index in [9.17, 15) is 0 Å².